The fourth-order valence-corrected chi connectivity index (χ4v) is 3.82. The Balaban J connectivity index is 1.50. The number of fused-ring (bicyclic) bond motifs is 1. The van der Waals surface area contributed by atoms with Gasteiger partial charge in [-0.15, -0.1) is 0 Å². The van der Waals surface area contributed by atoms with Gasteiger partial charge in [-0.25, -0.2) is 8.78 Å². The number of carbonyl (C=O) groups excluding carboxylic acids is 1. The lowest BCUT2D eigenvalue weighted by atomic mass is 10.0. The number of anilines is 1. The Kier molecular flexibility index (Phi) is 6.59. The van der Waals surface area contributed by atoms with Crippen LogP contribution in [-0.4, -0.2) is 49.7 Å². The Bertz CT molecular complexity index is 630. The van der Waals surface area contributed by atoms with Crippen LogP contribution in [0.1, 0.15) is 44.6 Å². The number of nitrogens with zero attached hydrogens (tertiary/aromatic N) is 2. The summed E-state index contributed by atoms with van der Waals surface area (Å²) in [6, 6.07) is 2.39. The van der Waals surface area contributed by atoms with Gasteiger partial charge in [-0.3, -0.25) is 4.79 Å². The van der Waals surface area contributed by atoms with Crippen molar-refractivity contribution in [2.45, 2.75) is 51.6 Å². The smallest absolute Gasteiger partial charge is 0.227 e. The van der Waals surface area contributed by atoms with Crippen molar-refractivity contribution in [2.75, 3.05) is 37.7 Å². The molecular weight excluding hydrogens is 338 g/mol. The molecule has 0 bridgehead atoms. The van der Waals surface area contributed by atoms with Crippen LogP contribution in [0.15, 0.2) is 12.1 Å². The molecule has 1 fully saturated rings. The van der Waals surface area contributed by atoms with Crippen molar-refractivity contribution >= 4 is 11.6 Å². The van der Waals surface area contributed by atoms with E-state index < -0.39 is 11.6 Å². The average Bonchev–Trinajstić information content (AvgIpc) is 2.64. The van der Waals surface area contributed by atoms with Crippen LogP contribution in [0.5, 0.6) is 0 Å². The number of piperidine rings is 1. The lowest BCUT2D eigenvalue weighted by Crippen LogP contribution is -2.40. The first-order valence-corrected chi connectivity index (χ1v) is 9.70. The molecule has 144 valence electrons. The molecule has 0 radical (unpaired) electrons. The van der Waals surface area contributed by atoms with E-state index in [9.17, 15) is 13.6 Å². The zero-order chi connectivity index (χ0) is 18.5. The minimum absolute atomic E-state index is 0.00446. The number of rotatable bonds is 7. The monoisotopic (exact) mass is 366 g/mol. The predicted octanol–water partition coefficient (Wildman–Crippen LogP) is 3.53. The third-order valence-corrected chi connectivity index (χ3v) is 5.27. The van der Waals surface area contributed by atoms with Crippen LogP contribution in [0.2, 0.25) is 0 Å². The molecule has 1 amide bonds. The highest BCUT2D eigenvalue weighted by Crippen LogP contribution is 2.30. The molecule has 1 aromatic rings. The molecule has 2 heterocycles. The molecule has 0 saturated carbocycles. The Morgan fingerprint density at radius 2 is 1.85 bits per heavy atom. The normalized spacial score (nSPS) is 19.0. The van der Waals surface area contributed by atoms with Crippen molar-refractivity contribution < 1.29 is 18.3 Å². The number of amides is 1. The van der Waals surface area contributed by atoms with Crippen LogP contribution < -0.4 is 4.90 Å². The highest BCUT2D eigenvalue weighted by molar-refractivity contribution is 5.96. The maximum atomic E-state index is 13.6. The minimum atomic E-state index is -0.891. The average molecular weight is 366 g/mol. The van der Waals surface area contributed by atoms with Crippen LogP contribution in [0, 0.1) is 11.6 Å². The summed E-state index contributed by atoms with van der Waals surface area (Å²) in [5.41, 5.74) is 1.25. The van der Waals surface area contributed by atoms with Gasteiger partial charge in [-0.2, -0.15) is 0 Å². The molecule has 0 spiro atoms. The van der Waals surface area contributed by atoms with Gasteiger partial charge in [0, 0.05) is 44.4 Å². The highest BCUT2D eigenvalue weighted by Gasteiger charge is 2.26. The zero-order valence-electron chi connectivity index (χ0n) is 15.5. The van der Waals surface area contributed by atoms with E-state index in [1.54, 1.807) is 4.90 Å². The van der Waals surface area contributed by atoms with Gasteiger partial charge < -0.3 is 14.5 Å². The zero-order valence-corrected chi connectivity index (χ0v) is 15.5. The summed E-state index contributed by atoms with van der Waals surface area (Å²) >= 11 is 0. The van der Waals surface area contributed by atoms with Crippen LogP contribution >= 0.6 is 0 Å². The predicted molar refractivity (Wildman–Crippen MR) is 97.4 cm³/mol. The van der Waals surface area contributed by atoms with Crippen LogP contribution in [0.25, 0.3) is 0 Å². The number of likely N-dealkylation sites (tertiary alicyclic amines) is 1. The number of hydrogen-bond donors (Lipinski definition) is 0. The molecule has 3 rings (SSSR count). The second kappa shape index (κ2) is 8.91. The first kappa shape index (κ1) is 19.2. The van der Waals surface area contributed by atoms with Crippen molar-refractivity contribution in [3.8, 4) is 0 Å². The first-order valence-electron chi connectivity index (χ1n) is 9.70. The van der Waals surface area contributed by atoms with E-state index in [-0.39, 0.29) is 5.91 Å². The molecule has 2 aliphatic rings. The third-order valence-electron chi connectivity index (χ3n) is 5.27. The topological polar surface area (TPSA) is 32.8 Å². The second-order valence-corrected chi connectivity index (χ2v) is 7.21. The number of benzene rings is 1. The van der Waals surface area contributed by atoms with Gasteiger partial charge in [0.15, 0.2) is 11.6 Å². The van der Waals surface area contributed by atoms with E-state index in [2.05, 4.69) is 11.8 Å². The molecule has 0 aliphatic carbocycles. The van der Waals surface area contributed by atoms with Gasteiger partial charge in [0.1, 0.15) is 0 Å². The molecule has 1 saturated heterocycles. The fourth-order valence-electron chi connectivity index (χ4n) is 3.82. The van der Waals surface area contributed by atoms with E-state index in [0.717, 1.165) is 63.6 Å². The van der Waals surface area contributed by atoms with Gasteiger partial charge in [-0.05, 0) is 50.3 Å². The van der Waals surface area contributed by atoms with Crippen molar-refractivity contribution in [3.05, 3.63) is 29.3 Å². The quantitative estimate of drug-likeness (QED) is 0.740. The van der Waals surface area contributed by atoms with E-state index in [4.69, 9.17) is 4.74 Å². The summed E-state index contributed by atoms with van der Waals surface area (Å²) in [6.45, 7) is 6.43. The number of hydrogen-bond acceptors (Lipinski definition) is 3. The standard InChI is InChI=1S/C20H28F2N2O2/c1-2-12-26-16-6-10-23(11-7-16)8-3-9-24-19-14-18(22)17(21)13-15(19)4-5-20(24)25/h13-14,16H,2-12H2,1H3. The van der Waals surface area contributed by atoms with Gasteiger partial charge in [0.2, 0.25) is 5.91 Å². The van der Waals surface area contributed by atoms with Crippen LogP contribution in [0.4, 0.5) is 14.5 Å². The van der Waals surface area contributed by atoms with Crippen molar-refractivity contribution in [3.63, 3.8) is 0 Å². The minimum Gasteiger partial charge on any atom is -0.378 e. The maximum absolute atomic E-state index is 13.6. The lowest BCUT2D eigenvalue weighted by Gasteiger charge is -2.33. The van der Waals surface area contributed by atoms with Crippen LogP contribution in [0.3, 0.4) is 0 Å². The molecule has 26 heavy (non-hydrogen) atoms. The van der Waals surface area contributed by atoms with E-state index >= 15 is 0 Å². The molecule has 1 aromatic carbocycles. The molecule has 6 heteroatoms. The van der Waals surface area contributed by atoms with E-state index in [1.807, 2.05) is 0 Å². The number of ether oxygens (including phenoxy) is 1. The fraction of sp³-hybridized carbons (Fsp3) is 0.650. The molecular formula is C20H28F2N2O2. The van der Waals surface area contributed by atoms with Gasteiger partial charge in [0.05, 0.1) is 6.10 Å². The Morgan fingerprint density at radius 1 is 1.12 bits per heavy atom. The largest absolute Gasteiger partial charge is 0.378 e. The Morgan fingerprint density at radius 3 is 2.58 bits per heavy atom. The molecule has 0 aromatic heterocycles. The SMILES string of the molecule is CCCOC1CCN(CCCN2C(=O)CCc3cc(F)c(F)cc32)CC1. The van der Waals surface area contributed by atoms with Gasteiger partial charge in [-0.1, -0.05) is 6.92 Å². The van der Waals surface area contributed by atoms with Crippen molar-refractivity contribution in [1.29, 1.82) is 0 Å². The highest BCUT2D eigenvalue weighted by atomic mass is 19.2. The molecule has 0 unspecified atom stereocenters. The van der Waals surface area contributed by atoms with Gasteiger partial charge in [0.25, 0.3) is 0 Å². The summed E-state index contributed by atoms with van der Waals surface area (Å²) < 4.78 is 32.9. The summed E-state index contributed by atoms with van der Waals surface area (Å²) in [4.78, 5) is 16.3. The molecule has 2 aliphatic heterocycles. The first-order chi connectivity index (χ1) is 12.6. The van der Waals surface area contributed by atoms with Gasteiger partial charge >= 0.3 is 0 Å². The number of carbonyl (C=O) groups is 1. The molecule has 4 nitrogen and oxygen atoms in total. The Labute approximate surface area is 154 Å². The van der Waals surface area contributed by atoms with E-state index in [1.165, 1.54) is 6.07 Å². The number of halogens is 2. The maximum Gasteiger partial charge on any atom is 0.227 e. The second-order valence-electron chi connectivity index (χ2n) is 7.21. The molecule has 0 atom stereocenters. The lowest BCUT2D eigenvalue weighted by molar-refractivity contribution is -0.118. The van der Waals surface area contributed by atoms with Crippen LogP contribution in [-0.2, 0) is 16.0 Å². The summed E-state index contributed by atoms with van der Waals surface area (Å²) in [6.07, 6.45) is 5.19. The number of aryl methyl sites for hydroxylation is 1. The summed E-state index contributed by atoms with van der Waals surface area (Å²) in [5, 5.41) is 0. The third kappa shape index (κ3) is 4.60. The summed E-state index contributed by atoms with van der Waals surface area (Å²) in [5.74, 6) is -1.74. The Hall–Kier alpha value is -1.53. The van der Waals surface area contributed by atoms with Crippen molar-refractivity contribution in [2.24, 2.45) is 0 Å². The van der Waals surface area contributed by atoms with E-state index in [0.29, 0.717) is 31.2 Å². The van der Waals surface area contributed by atoms with Crippen molar-refractivity contribution in [1.82, 2.24) is 4.90 Å². The molecule has 0 N–H and O–H groups in total. The summed E-state index contributed by atoms with van der Waals surface area (Å²) in [7, 11) is 0.